The lowest BCUT2D eigenvalue weighted by Crippen LogP contribution is -2.46. The molecule has 1 N–H and O–H groups in total. The zero-order chi connectivity index (χ0) is 14.2. The second-order valence-electron chi connectivity index (χ2n) is 6.66. The number of piperidine rings is 1. The van der Waals surface area contributed by atoms with Crippen molar-refractivity contribution in [3.05, 3.63) is 0 Å². The van der Waals surface area contributed by atoms with Crippen LogP contribution < -0.4 is 0 Å². The van der Waals surface area contributed by atoms with Gasteiger partial charge in [0.2, 0.25) is 5.91 Å². The molecule has 5 unspecified atom stereocenters. The minimum Gasteiger partial charge on any atom is -0.481 e. The van der Waals surface area contributed by atoms with Crippen LogP contribution in [-0.2, 0) is 9.59 Å². The Balaban J connectivity index is 2.04. The molecule has 1 aliphatic heterocycles. The summed E-state index contributed by atoms with van der Waals surface area (Å²) < 4.78 is 0. The number of amides is 1. The number of carbonyl (C=O) groups is 2. The van der Waals surface area contributed by atoms with Crippen LogP contribution in [0, 0.1) is 29.6 Å². The zero-order valence-corrected chi connectivity index (χ0v) is 12.1. The Kier molecular flexibility index (Phi) is 4.16. The molecular weight excluding hydrogens is 242 g/mol. The minimum absolute atomic E-state index is 0.0792. The summed E-state index contributed by atoms with van der Waals surface area (Å²) >= 11 is 0. The van der Waals surface area contributed by atoms with Crippen molar-refractivity contribution in [2.24, 2.45) is 29.6 Å². The normalized spacial score (nSPS) is 39.3. The van der Waals surface area contributed by atoms with E-state index in [1.54, 1.807) is 0 Å². The summed E-state index contributed by atoms with van der Waals surface area (Å²) in [6.45, 7) is 8.03. The quantitative estimate of drug-likeness (QED) is 0.834. The number of hydrogen-bond donors (Lipinski definition) is 1. The van der Waals surface area contributed by atoms with Crippen molar-refractivity contribution in [2.75, 3.05) is 13.1 Å². The van der Waals surface area contributed by atoms with Crippen molar-refractivity contribution in [1.82, 2.24) is 4.90 Å². The molecular formula is C15H25NO3. The molecule has 1 amide bonds. The Morgan fingerprint density at radius 3 is 2.26 bits per heavy atom. The van der Waals surface area contributed by atoms with Crippen molar-refractivity contribution in [3.8, 4) is 0 Å². The third kappa shape index (κ3) is 2.93. The van der Waals surface area contributed by atoms with Crippen molar-refractivity contribution < 1.29 is 14.7 Å². The summed E-state index contributed by atoms with van der Waals surface area (Å²) in [5, 5.41) is 9.27. The minimum atomic E-state index is -0.805. The van der Waals surface area contributed by atoms with Gasteiger partial charge in [-0.2, -0.15) is 0 Å². The topological polar surface area (TPSA) is 57.6 Å². The van der Waals surface area contributed by atoms with E-state index in [0.717, 1.165) is 25.9 Å². The zero-order valence-electron chi connectivity index (χ0n) is 12.1. The van der Waals surface area contributed by atoms with Crippen molar-refractivity contribution in [1.29, 1.82) is 0 Å². The lowest BCUT2D eigenvalue weighted by Gasteiger charge is -2.37. The number of nitrogens with zero attached hydrogens (tertiary/aromatic N) is 1. The fourth-order valence-electron chi connectivity index (χ4n) is 3.54. The number of hydrogen-bond acceptors (Lipinski definition) is 2. The van der Waals surface area contributed by atoms with Crippen molar-refractivity contribution >= 4 is 11.9 Å². The predicted molar refractivity (Wildman–Crippen MR) is 72.5 cm³/mol. The number of rotatable bonds is 2. The van der Waals surface area contributed by atoms with Crippen molar-refractivity contribution in [3.63, 3.8) is 0 Å². The molecule has 0 aromatic rings. The maximum absolute atomic E-state index is 12.6. The number of carboxylic acid groups (broad SMARTS) is 1. The van der Waals surface area contributed by atoms with Crippen molar-refractivity contribution in [2.45, 2.75) is 40.0 Å². The van der Waals surface area contributed by atoms with E-state index in [0.29, 0.717) is 24.2 Å². The highest BCUT2D eigenvalue weighted by Gasteiger charge is 2.43. The van der Waals surface area contributed by atoms with Crippen LogP contribution in [-0.4, -0.2) is 35.0 Å². The SMILES string of the molecule is CC1CC(C(=O)O)C(C(=O)N2CCC(C)C(C)C2)C1. The molecule has 2 rings (SSSR count). The fourth-order valence-corrected chi connectivity index (χ4v) is 3.54. The number of aliphatic carboxylic acids is 1. The summed E-state index contributed by atoms with van der Waals surface area (Å²) in [6.07, 6.45) is 2.41. The third-order valence-corrected chi connectivity index (χ3v) is 5.08. The highest BCUT2D eigenvalue weighted by atomic mass is 16.4. The van der Waals surface area contributed by atoms with E-state index >= 15 is 0 Å². The summed E-state index contributed by atoms with van der Waals surface area (Å²) in [6, 6.07) is 0. The molecule has 2 aliphatic rings. The van der Waals surface area contributed by atoms with E-state index in [2.05, 4.69) is 13.8 Å². The number of carbonyl (C=O) groups excluding carboxylic acids is 1. The van der Waals surface area contributed by atoms with Gasteiger partial charge in [-0.3, -0.25) is 9.59 Å². The van der Waals surface area contributed by atoms with Gasteiger partial charge in [-0.25, -0.2) is 0 Å². The monoisotopic (exact) mass is 267 g/mol. The van der Waals surface area contributed by atoms with Crippen LogP contribution in [0.4, 0.5) is 0 Å². The first-order valence-corrected chi connectivity index (χ1v) is 7.41. The largest absolute Gasteiger partial charge is 0.481 e. The number of likely N-dealkylation sites (tertiary alicyclic amines) is 1. The molecule has 108 valence electrons. The van der Waals surface area contributed by atoms with Crippen LogP contribution in [0.2, 0.25) is 0 Å². The highest BCUT2D eigenvalue weighted by molar-refractivity contribution is 5.85. The molecule has 0 spiro atoms. The molecule has 19 heavy (non-hydrogen) atoms. The lowest BCUT2D eigenvalue weighted by molar-refractivity contribution is -0.150. The summed E-state index contributed by atoms with van der Waals surface area (Å²) in [5.74, 6) is 0.0136. The molecule has 1 heterocycles. The maximum Gasteiger partial charge on any atom is 0.307 e. The molecule has 1 aliphatic carbocycles. The third-order valence-electron chi connectivity index (χ3n) is 5.08. The first-order valence-electron chi connectivity index (χ1n) is 7.41. The van der Waals surface area contributed by atoms with E-state index in [4.69, 9.17) is 0 Å². The van der Waals surface area contributed by atoms with E-state index in [1.807, 2.05) is 11.8 Å². The molecule has 0 aromatic carbocycles. The van der Waals surface area contributed by atoms with E-state index < -0.39 is 11.9 Å². The molecule has 0 radical (unpaired) electrons. The van der Waals surface area contributed by atoms with Gasteiger partial charge < -0.3 is 10.0 Å². The summed E-state index contributed by atoms with van der Waals surface area (Å²) in [4.78, 5) is 25.8. The average Bonchev–Trinajstić information content (AvgIpc) is 2.74. The van der Waals surface area contributed by atoms with Gasteiger partial charge in [0.15, 0.2) is 0 Å². The average molecular weight is 267 g/mol. The molecule has 4 nitrogen and oxygen atoms in total. The van der Waals surface area contributed by atoms with E-state index in [9.17, 15) is 14.7 Å². The van der Waals surface area contributed by atoms with Crippen LogP contribution in [0.15, 0.2) is 0 Å². The van der Waals surface area contributed by atoms with Crippen LogP contribution in [0.1, 0.15) is 40.0 Å². The van der Waals surface area contributed by atoms with Gasteiger partial charge in [0.1, 0.15) is 0 Å². The molecule has 4 heteroatoms. The molecule has 0 bridgehead atoms. The first kappa shape index (κ1) is 14.4. The summed E-state index contributed by atoms with van der Waals surface area (Å²) in [5.41, 5.74) is 0. The lowest BCUT2D eigenvalue weighted by atomic mass is 9.87. The molecule has 1 saturated carbocycles. The van der Waals surface area contributed by atoms with Crippen LogP contribution in [0.5, 0.6) is 0 Å². The van der Waals surface area contributed by atoms with Crippen LogP contribution in [0.25, 0.3) is 0 Å². The van der Waals surface area contributed by atoms with Gasteiger partial charge in [0, 0.05) is 13.1 Å². The van der Waals surface area contributed by atoms with Gasteiger partial charge in [-0.1, -0.05) is 20.8 Å². The van der Waals surface area contributed by atoms with Gasteiger partial charge in [0.25, 0.3) is 0 Å². The molecule has 1 saturated heterocycles. The van der Waals surface area contributed by atoms with Gasteiger partial charge >= 0.3 is 5.97 Å². The standard InChI is InChI=1S/C15H25NO3/c1-9-6-12(13(7-9)15(18)19)14(17)16-5-4-10(2)11(3)8-16/h9-13H,4-8H2,1-3H3,(H,18,19). The number of carboxylic acids is 1. The first-order chi connectivity index (χ1) is 8.90. The Bertz CT molecular complexity index is 368. The van der Waals surface area contributed by atoms with E-state index in [-0.39, 0.29) is 11.8 Å². The molecule has 0 aromatic heterocycles. The summed E-state index contributed by atoms with van der Waals surface area (Å²) in [7, 11) is 0. The Morgan fingerprint density at radius 1 is 1.05 bits per heavy atom. The Morgan fingerprint density at radius 2 is 1.68 bits per heavy atom. The van der Waals surface area contributed by atoms with Crippen LogP contribution >= 0.6 is 0 Å². The van der Waals surface area contributed by atoms with E-state index in [1.165, 1.54) is 0 Å². The highest BCUT2D eigenvalue weighted by Crippen LogP contribution is 2.38. The smallest absolute Gasteiger partial charge is 0.307 e. The second-order valence-corrected chi connectivity index (χ2v) is 6.66. The Hall–Kier alpha value is -1.06. The second kappa shape index (κ2) is 5.51. The molecule has 2 fully saturated rings. The van der Waals surface area contributed by atoms with Gasteiger partial charge in [-0.15, -0.1) is 0 Å². The predicted octanol–water partition coefficient (Wildman–Crippen LogP) is 2.24. The Labute approximate surface area is 115 Å². The van der Waals surface area contributed by atoms with Crippen LogP contribution in [0.3, 0.4) is 0 Å². The fraction of sp³-hybridized carbons (Fsp3) is 0.867. The maximum atomic E-state index is 12.6. The van der Waals surface area contributed by atoms with Gasteiger partial charge in [0.05, 0.1) is 11.8 Å². The van der Waals surface area contributed by atoms with Gasteiger partial charge in [-0.05, 0) is 37.0 Å². The molecule has 5 atom stereocenters.